The lowest BCUT2D eigenvalue weighted by atomic mass is 10.1. The van der Waals surface area contributed by atoms with Crippen LogP contribution in [0, 0.1) is 11.7 Å². The van der Waals surface area contributed by atoms with Crippen molar-refractivity contribution in [2.24, 2.45) is 5.92 Å². The fraction of sp³-hybridized carbons (Fsp3) is 0.467. The highest BCUT2D eigenvalue weighted by Gasteiger charge is 2.07. The lowest BCUT2D eigenvalue weighted by Gasteiger charge is -2.12. The second kappa shape index (κ2) is 8.94. The van der Waals surface area contributed by atoms with Gasteiger partial charge in [-0.1, -0.05) is 25.1 Å². The van der Waals surface area contributed by atoms with Gasteiger partial charge in [-0.05, 0) is 30.4 Å². The second-order valence-electron chi connectivity index (χ2n) is 5.02. The van der Waals surface area contributed by atoms with Crippen LogP contribution in [-0.4, -0.2) is 30.2 Å². The Kier molecular flexibility index (Phi) is 7.21. The molecular formula is C15H21FN2O3. The number of urea groups is 1. The van der Waals surface area contributed by atoms with Crippen LogP contribution in [0.3, 0.4) is 0 Å². The molecule has 2 amide bonds. The highest BCUT2D eigenvalue weighted by atomic mass is 19.1. The van der Waals surface area contributed by atoms with Crippen LogP contribution in [0.15, 0.2) is 24.3 Å². The summed E-state index contributed by atoms with van der Waals surface area (Å²) in [5.74, 6) is -1.02. The monoisotopic (exact) mass is 296 g/mol. The molecule has 5 nitrogen and oxygen atoms in total. The first-order valence-electron chi connectivity index (χ1n) is 6.96. The van der Waals surface area contributed by atoms with E-state index in [2.05, 4.69) is 10.6 Å². The number of benzene rings is 1. The van der Waals surface area contributed by atoms with Gasteiger partial charge in [0.25, 0.3) is 0 Å². The molecular weight excluding hydrogens is 275 g/mol. The van der Waals surface area contributed by atoms with Crippen molar-refractivity contribution < 1.29 is 19.1 Å². The van der Waals surface area contributed by atoms with Gasteiger partial charge in [0, 0.05) is 19.5 Å². The van der Waals surface area contributed by atoms with Crippen LogP contribution < -0.4 is 10.6 Å². The number of aliphatic carboxylic acids is 1. The number of carboxylic acid groups (broad SMARTS) is 1. The van der Waals surface area contributed by atoms with E-state index in [0.29, 0.717) is 31.5 Å². The van der Waals surface area contributed by atoms with Gasteiger partial charge in [0.2, 0.25) is 0 Å². The summed E-state index contributed by atoms with van der Waals surface area (Å²) >= 11 is 0. The van der Waals surface area contributed by atoms with Crippen LogP contribution >= 0.6 is 0 Å². The van der Waals surface area contributed by atoms with Crippen LogP contribution in [0.2, 0.25) is 0 Å². The maximum atomic E-state index is 13.3. The van der Waals surface area contributed by atoms with Crippen molar-refractivity contribution in [2.45, 2.75) is 26.2 Å². The first kappa shape index (κ1) is 16.9. The SMILES string of the molecule is CC(CCC(=O)O)CNC(=O)NCCc1ccccc1F. The molecule has 0 aliphatic heterocycles. The average molecular weight is 296 g/mol. The van der Waals surface area contributed by atoms with Gasteiger partial charge < -0.3 is 15.7 Å². The molecule has 1 atom stereocenters. The van der Waals surface area contributed by atoms with Crippen molar-refractivity contribution in [1.82, 2.24) is 10.6 Å². The Labute approximate surface area is 123 Å². The molecule has 0 saturated carbocycles. The molecule has 0 heterocycles. The maximum absolute atomic E-state index is 13.3. The topological polar surface area (TPSA) is 78.4 Å². The molecule has 6 heteroatoms. The molecule has 1 aromatic rings. The molecule has 0 saturated heterocycles. The Hall–Kier alpha value is -2.11. The van der Waals surface area contributed by atoms with Crippen molar-refractivity contribution in [1.29, 1.82) is 0 Å². The molecule has 0 spiro atoms. The summed E-state index contributed by atoms with van der Waals surface area (Å²) in [6, 6.07) is 6.12. The minimum atomic E-state index is -0.837. The van der Waals surface area contributed by atoms with E-state index in [0.717, 1.165) is 0 Å². The number of rotatable bonds is 8. The first-order chi connectivity index (χ1) is 9.99. The molecule has 0 aromatic heterocycles. The Morgan fingerprint density at radius 2 is 2.00 bits per heavy atom. The van der Waals surface area contributed by atoms with E-state index < -0.39 is 5.97 Å². The van der Waals surface area contributed by atoms with Crippen molar-refractivity contribution in [3.05, 3.63) is 35.6 Å². The minimum Gasteiger partial charge on any atom is -0.481 e. The molecule has 0 bridgehead atoms. The van der Waals surface area contributed by atoms with Gasteiger partial charge in [-0.25, -0.2) is 9.18 Å². The third-order valence-corrected chi connectivity index (χ3v) is 3.10. The molecule has 1 rings (SSSR count). The zero-order valence-electron chi connectivity index (χ0n) is 12.1. The first-order valence-corrected chi connectivity index (χ1v) is 6.96. The van der Waals surface area contributed by atoms with Crippen LogP contribution in [0.25, 0.3) is 0 Å². The molecule has 1 aromatic carbocycles. The van der Waals surface area contributed by atoms with Crippen molar-refractivity contribution in [3.63, 3.8) is 0 Å². The molecule has 0 aliphatic rings. The highest BCUT2D eigenvalue weighted by molar-refractivity contribution is 5.73. The Bertz CT molecular complexity index is 480. The average Bonchev–Trinajstić information content (AvgIpc) is 2.45. The van der Waals surface area contributed by atoms with E-state index in [1.165, 1.54) is 6.07 Å². The molecule has 0 fully saturated rings. The minimum absolute atomic E-state index is 0.0950. The van der Waals surface area contributed by atoms with Crippen LogP contribution in [0.1, 0.15) is 25.3 Å². The summed E-state index contributed by atoms with van der Waals surface area (Å²) in [6.45, 7) is 2.64. The fourth-order valence-electron chi connectivity index (χ4n) is 1.81. The number of carboxylic acids is 1. The number of carbonyl (C=O) groups is 2. The lowest BCUT2D eigenvalue weighted by molar-refractivity contribution is -0.137. The quantitative estimate of drug-likeness (QED) is 0.688. The maximum Gasteiger partial charge on any atom is 0.314 e. The number of nitrogens with one attached hydrogen (secondary N) is 2. The van der Waals surface area contributed by atoms with E-state index in [9.17, 15) is 14.0 Å². The zero-order chi connectivity index (χ0) is 15.7. The largest absolute Gasteiger partial charge is 0.481 e. The smallest absolute Gasteiger partial charge is 0.314 e. The summed E-state index contributed by atoms with van der Waals surface area (Å²) in [6.07, 6.45) is 1.04. The van der Waals surface area contributed by atoms with Crippen LogP contribution in [0.5, 0.6) is 0 Å². The third kappa shape index (κ3) is 7.29. The summed E-state index contributed by atoms with van der Waals surface area (Å²) in [5.41, 5.74) is 0.563. The van der Waals surface area contributed by atoms with E-state index >= 15 is 0 Å². The molecule has 1 unspecified atom stereocenters. The molecule has 116 valence electrons. The summed E-state index contributed by atoms with van der Waals surface area (Å²) in [7, 11) is 0. The summed E-state index contributed by atoms with van der Waals surface area (Å²) in [5, 5.41) is 13.9. The second-order valence-corrected chi connectivity index (χ2v) is 5.02. The van der Waals surface area contributed by atoms with E-state index in [4.69, 9.17) is 5.11 Å². The van der Waals surface area contributed by atoms with Gasteiger partial charge in [0.15, 0.2) is 0 Å². The number of hydrogen-bond acceptors (Lipinski definition) is 2. The Balaban J connectivity index is 2.17. The predicted molar refractivity (Wildman–Crippen MR) is 77.5 cm³/mol. The fourth-order valence-corrected chi connectivity index (χ4v) is 1.81. The molecule has 3 N–H and O–H groups in total. The summed E-state index contributed by atoms with van der Waals surface area (Å²) in [4.78, 5) is 21.9. The summed E-state index contributed by atoms with van der Waals surface area (Å²) < 4.78 is 13.3. The van der Waals surface area contributed by atoms with Gasteiger partial charge in [-0.15, -0.1) is 0 Å². The van der Waals surface area contributed by atoms with Crippen LogP contribution in [-0.2, 0) is 11.2 Å². The lowest BCUT2D eigenvalue weighted by Crippen LogP contribution is -2.38. The number of halogens is 1. The molecule has 0 radical (unpaired) electrons. The van der Waals surface area contributed by atoms with E-state index in [1.54, 1.807) is 18.2 Å². The van der Waals surface area contributed by atoms with Gasteiger partial charge in [0.05, 0.1) is 0 Å². The number of hydrogen-bond donors (Lipinski definition) is 3. The predicted octanol–water partition coefficient (Wildman–Crippen LogP) is 2.17. The molecule has 0 aliphatic carbocycles. The van der Waals surface area contributed by atoms with Crippen molar-refractivity contribution in [3.8, 4) is 0 Å². The zero-order valence-corrected chi connectivity index (χ0v) is 12.1. The van der Waals surface area contributed by atoms with Gasteiger partial charge in [-0.2, -0.15) is 0 Å². The van der Waals surface area contributed by atoms with E-state index in [1.807, 2.05) is 6.92 Å². The molecule has 21 heavy (non-hydrogen) atoms. The van der Waals surface area contributed by atoms with Gasteiger partial charge >= 0.3 is 12.0 Å². The van der Waals surface area contributed by atoms with Gasteiger partial charge in [0.1, 0.15) is 5.82 Å². The van der Waals surface area contributed by atoms with Crippen molar-refractivity contribution in [2.75, 3.05) is 13.1 Å². The number of carbonyl (C=O) groups excluding carboxylic acids is 1. The Morgan fingerprint density at radius 3 is 2.67 bits per heavy atom. The van der Waals surface area contributed by atoms with Gasteiger partial charge in [-0.3, -0.25) is 4.79 Å². The third-order valence-electron chi connectivity index (χ3n) is 3.10. The van der Waals surface area contributed by atoms with Crippen molar-refractivity contribution >= 4 is 12.0 Å². The van der Waals surface area contributed by atoms with Crippen LogP contribution in [0.4, 0.5) is 9.18 Å². The normalized spacial score (nSPS) is 11.7. The highest BCUT2D eigenvalue weighted by Crippen LogP contribution is 2.06. The Morgan fingerprint density at radius 1 is 1.29 bits per heavy atom. The van der Waals surface area contributed by atoms with E-state index in [-0.39, 0.29) is 24.2 Å². The standard InChI is InChI=1S/C15H21FN2O3/c1-11(6-7-14(19)20)10-18-15(21)17-9-8-12-4-2-3-5-13(12)16/h2-5,11H,6-10H2,1H3,(H,19,20)(H2,17,18,21). The number of amides is 2.